The topological polar surface area (TPSA) is 69.4 Å². The number of aliphatic imine (C=N–C) groups is 1. The van der Waals surface area contributed by atoms with Crippen LogP contribution in [0.3, 0.4) is 0 Å². The molecular formula is C17H9Br2ClN4O2. The highest BCUT2D eigenvalue weighted by Gasteiger charge is 2.39. The Bertz CT molecular complexity index is 1050. The second kappa shape index (κ2) is 6.61. The third-order valence-corrected chi connectivity index (χ3v) is 5.18. The second-order valence-corrected chi connectivity index (χ2v) is 7.76. The molecule has 0 spiro atoms. The Balaban J connectivity index is 1.92. The van der Waals surface area contributed by atoms with Crippen molar-refractivity contribution >= 4 is 61.3 Å². The molecule has 9 heteroatoms. The number of pyridine rings is 1. The Kier molecular flexibility index (Phi) is 4.42. The van der Waals surface area contributed by atoms with Crippen molar-refractivity contribution in [3.05, 3.63) is 69.8 Å². The predicted octanol–water partition coefficient (Wildman–Crippen LogP) is 4.54. The van der Waals surface area contributed by atoms with Crippen LogP contribution in [-0.2, 0) is 14.0 Å². The molecule has 1 unspecified atom stereocenters. The third-order valence-electron chi connectivity index (χ3n) is 3.73. The molecular weight excluding hydrogens is 487 g/mol. The number of fused-ring (bicyclic) bond motifs is 1. The lowest BCUT2D eigenvalue weighted by atomic mass is 10.1. The first kappa shape index (κ1) is 17.4. The van der Waals surface area contributed by atoms with Crippen LogP contribution in [0.5, 0.6) is 0 Å². The summed E-state index contributed by atoms with van der Waals surface area (Å²) in [6, 6.07) is 10.7. The van der Waals surface area contributed by atoms with Crippen LogP contribution in [0.1, 0.15) is 11.4 Å². The number of benzene rings is 1. The zero-order valence-corrected chi connectivity index (χ0v) is 16.9. The molecule has 3 aromatic rings. The van der Waals surface area contributed by atoms with Crippen molar-refractivity contribution in [3.63, 3.8) is 0 Å². The van der Waals surface area contributed by atoms with E-state index in [1.165, 1.54) is 0 Å². The van der Waals surface area contributed by atoms with E-state index in [1.807, 2.05) is 12.1 Å². The molecule has 0 aliphatic carbocycles. The van der Waals surface area contributed by atoms with Crippen LogP contribution in [0.4, 0.5) is 5.69 Å². The summed E-state index contributed by atoms with van der Waals surface area (Å²) in [5.74, 6) is 0.997. The van der Waals surface area contributed by atoms with Gasteiger partial charge in [0.05, 0.1) is 10.7 Å². The lowest BCUT2D eigenvalue weighted by Gasteiger charge is -2.29. The van der Waals surface area contributed by atoms with E-state index in [9.17, 15) is 4.79 Å². The summed E-state index contributed by atoms with van der Waals surface area (Å²) in [6.07, 6.45) is 4.00. The lowest BCUT2D eigenvalue weighted by Crippen LogP contribution is -2.32. The van der Waals surface area contributed by atoms with Crippen molar-refractivity contribution in [1.29, 1.82) is 0 Å². The van der Waals surface area contributed by atoms with Gasteiger partial charge in [-0.1, -0.05) is 29.8 Å². The van der Waals surface area contributed by atoms with Crippen LogP contribution in [0.25, 0.3) is 5.82 Å². The zero-order valence-electron chi connectivity index (χ0n) is 12.9. The fourth-order valence-corrected chi connectivity index (χ4v) is 3.66. The highest BCUT2D eigenvalue weighted by atomic mass is 79.9. The second-order valence-electron chi connectivity index (χ2n) is 5.37. The molecule has 2 aromatic heterocycles. The van der Waals surface area contributed by atoms with E-state index >= 15 is 0 Å². The van der Waals surface area contributed by atoms with Gasteiger partial charge in [-0.15, -0.1) is 0 Å². The maximum absolute atomic E-state index is 11.7. The van der Waals surface area contributed by atoms with Gasteiger partial charge in [0.1, 0.15) is 4.60 Å². The molecule has 6 nitrogen and oxygen atoms in total. The number of para-hydroxylation sites is 1. The molecule has 0 amide bonds. The summed E-state index contributed by atoms with van der Waals surface area (Å²) in [7, 11) is 0. The zero-order chi connectivity index (χ0) is 18.3. The van der Waals surface area contributed by atoms with E-state index in [-0.39, 0.29) is 5.90 Å². The van der Waals surface area contributed by atoms with Gasteiger partial charge >= 0.3 is 0 Å². The van der Waals surface area contributed by atoms with Crippen molar-refractivity contribution in [2.24, 2.45) is 4.99 Å². The maximum Gasteiger partial charge on any atom is 0.261 e. The molecule has 1 aliphatic rings. The summed E-state index contributed by atoms with van der Waals surface area (Å²) in [5.41, 5.74) is 1.22. The van der Waals surface area contributed by atoms with E-state index in [0.29, 0.717) is 38.8 Å². The minimum Gasteiger partial charge on any atom is -0.445 e. The summed E-state index contributed by atoms with van der Waals surface area (Å²) in [4.78, 5) is 25.0. The molecule has 1 aromatic carbocycles. The van der Waals surface area contributed by atoms with Gasteiger partial charge in [-0.2, -0.15) is 0 Å². The number of nitrogens with zero attached hydrogens (tertiary/aromatic N) is 4. The number of aromatic nitrogens is 3. The molecule has 1 atom stereocenters. The summed E-state index contributed by atoms with van der Waals surface area (Å²) >= 11 is 13.0. The van der Waals surface area contributed by atoms with E-state index in [4.69, 9.17) is 16.3 Å². The van der Waals surface area contributed by atoms with Gasteiger partial charge in [0.25, 0.3) is 5.90 Å². The molecule has 0 bridgehead atoms. The van der Waals surface area contributed by atoms with E-state index in [1.54, 1.807) is 41.2 Å². The average Bonchev–Trinajstić information content (AvgIpc) is 3.03. The highest BCUT2D eigenvalue weighted by Crippen LogP contribution is 2.41. The monoisotopic (exact) mass is 494 g/mol. The molecule has 0 N–H and O–H groups in total. The first-order valence-electron chi connectivity index (χ1n) is 7.40. The minimum atomic E-state index is -1.35. The summed E-state index contributed by atoms with van der Waals surface area (Å²) in [5, 5.41) is 0.441. The number of aldehydes is 1. The number of rotatable bonds is 3. The molecule has 0 radical (unpaired) electrons. The molecule has 4 rings (SSSR count). The fraction of sp³-hybridized carbons (Fsp3) is 0.0588. The summed E-state index contributed by atoms with van der Waals surface area (Å²) < 4.78 is 6.72. The molecule has 0 saturated heterocycles. The van der Waals surface area contributed by atoms with Gasteiger partial charge in [0, 0.05) is 18.0 Å². The van der Waals surface area contributed by atoms with Gasteiger partial charge in [-0.3, -0.25) is 9.36 Å². The van der Waals surface area contributed by atoms with E-state index < -0.39 is 4.51 Å². The Morgan fingerprint density at radius 3 is 2.81 bits per heavy atom. The number of hydrogen-bond acceptors (Lipinski definition) is 5. The smallest absolute Gasteiger partial charge is 0.261 e. The SMILES string of the molecule is O=CC1(Br)OC(c2nc(Br)cn2-c2ncccc2Cl)=Nc2ccccc21. The Morgan fingerprint density at radius 1 is 1.23 bits per heavy atom. The lowest BCUT2D eigenvalue weighted by molar-refractivity contribution is -0.116. The first-order chi connectivity index (χ1) is 12.5. The molecule has 130 valence electrons. The quantitative estimate of drug-likeness (QED) is 0.395. The number of ether oxygens (including phenoxy) is 1. The molecule has 3 heterocycles. The van der Waals surface area contributed by atoms with Crippen molar-refractivity contribution < 1.29 is 9.53 Å². The number of hydrogen-bond donors (Lipinski definition) is 0. The van der Waals surface area contributed by atoms with Crippen molar-refractivity contribution in [2.45, 2.75) is 4.51 Å². The number of imidazole rings is 1. The fourth-order valence-electron chi connectivity index (χ4n) is 2.59. The Labute approximate surface area is 170 Å². The van der Waals surface area contributed by atoms with Gasteiger partial charge in [-0.05, 0) is 50.1 Å². The molecule has 1 aliphatic heterocycles. The number of carbonyl (C=O) groups is 1. The molecule has 0 fully saturated rings. The molecule has 26 heavy (non-hydrogen) atoms. The van der Waals surface area contributed by atoms with Crippen LogP contribution in [0.2, 0.25) is 5.02 Å². The van der Waals surface area contributed by atoms with Crippen LogP contribution >= 0.6 is 43.5 Å². The van der Waals surface area contributed by atoms with Gasteiger partial charge < -0.3 is 4.74 Å². The first-order valence-corrected chi connectivity index (χ1v) is 9.37. The normalized spacial score (nSPS) is 18.7. The minimum absolute atomic E-state index is 0.167. The largest absolute Gasteiger partial charge is 0.445 e. The third kappa shape index (κ3) is 2.87. The van der Waals surface area contributed by atoms with Gasteiger partial charge in [0.15, 0.2) is 12.1 Å². The highest BCUT2D eigenvalue weighted by molar-refractivity contribution is 9.10. The van der Waals surface area contributed by atoms with Crippen molar-refractivity contribution in [2.75, 3.05) is 0 Å². The predicted molar refractivity (Wildman–Crippen MR) is 104 cm³/mol. The average molecular weight is 497 g/mol. The maximum atomic E-state index is 11.7. The van der Waals surface area contributed by atoms with Crippen LogP contribution in [-0.4, -0.2) is 26.7 Å². The van der Waals surface area contributed by atoms with Crippen LogP contribution < -0.4 is 0 Å². The van der Waals surface area contributed by atoms with Crippen LogP contribution in [0.15, 0.2) is 58.4 Å². The van der Waals surface area contributed by atoms with Gasteiger partial charge in [0.2, 0.25) is 10.3 Å². The molecule has 0 saturated carbocycles. The van der Waals surface area contributed by atoms with Crippen molar-refractivity contribution in [1.82, 2.24) is 14.5 Å². The van der Waals surface area contributed by atoms with Gasteiger partial charge in [-0.25, -0.2) is 15.0 Å². The summed E-state index contributed by atoms with van der Waals surface area (Å²) in [6.45, 7) is 0. The van der Waals surface area contributed by atoms with E-state index in [0.717, 1.165) is 0 Å². The Hall–Kier alpha value is -2.03. The van der Waals surface area contributed by atoms with Crippen molar-refractivity contribution in [3.8, 4) is 5.82 Å². The number of carbonyl (C=O) groups excluding carboxylic acids is 1. The number of alkyl halides is 1. The Morgan fingerprint density at radius 2 is 2.04 bits per heavy atom. The number of halogens is 3. The standard InChI is InChI=1S/C17H9Br2ClN4O2/c18-13-8-24(14-11(20)5-3-7-21-14)15(23-13)16-22-12-6-2-1-4-10(12)17(19,9-25)26-16/h1-9H. The van der Waals surface area contributed by atoms with E-state index in [2.05, 4.69) is 46.8 Å². The van der Waals surface area contributed by atoms with Crippen LogP contribution in [0, 0.1) is 0 Å².